The molecule has 0 radical (unpaired) electrons. The van der Waals surface area contributed by atoms with Crippen LogP contribution in [0.1, 0.15) is 50.4 Å². The zero-order valence-electron chi connectivity index (χ0n) is 19.9. The lowest BCUT2D eigenvalue weighted by atomic mass is 9.51. The average Bonchev–Trinajstić information content (AvgIpc) is 3.19. The molecule has 2 aromatic rings. The van der Waals surface area contributed by atoms with E-state index < -0.39 is 0 Å². The van der Waals surface area contributed by atoms with E-state index in [1.54, 1.807) is 14.2 Å². The van der Waals surface area contributed by atoms with Gasteiger partial charge < -0.3 is 19.2 Å². The van der Waals surface area contributed by atoms with E-state index in [1.807, 2.05) is 6.07 Å². The fourth-order valence-electron chi connectivity index (χ4n) is 7.42. The number of aromatic nitrogens is 1. The maximum atomic E-state index is 13.2. The van der Waals surface area contributed by atoms with Gasteiger partial charge in [0.15, 0.2) is 0 Å². The quantitative estimate of drug-likeness (QED) is 0.717. The van der Waals surface area contributed by atoms with Crippen molar-refractivity contribution in [1.82, 2.24) is 9.88 Å². The number of nitrogens with one attached hydrogen (secondary N) is 1. The van der Waals surface area contributed by atoms with Crippen molar-refractivity contribution in [3.05, 3.63) is 29.5 Å². The largest absolute Gasteiger partial charge is 0.497 e. The van der Waals surface area contributed by atoms with Gasteiger partial charge in [0.1, 0.15) is 5.75 Å². The van der Waals surface area contributed by atoms with Crippen LogP contribution in [0.3, 0.4) is 0 Å². The number of H-pyrrole nitrogens is 1. The summed E-state index contributed by atoms with van der Waals surface area (Å²) in [6.45, 7) is 6.58. The molecule has 6 heteroatoms. The number of rotatable bonds is 4. The molecular weight excluding hydrogens is 404 g/mol. The second kappa shape index (κ2) is 8.07. The van der Waals surface area contributed by atoms with Gasteiger partial charge in [0, 0.05) is 42.9 Å². The number of methoxy groups -OCH3 is 3. The van der Waals surface area contributed by atoms with Gasteiger partial charge in [0.05, 0.1) is 32.3 Å². The zero-order valence-corrected chi connectivity index (χ0v) is 19.9. The molecule has 3 aliphatic rings. The van der Waals surface area contributed by atoms with Gasteiger partial charge in [-0.2, -0.15) is 0 Å². The Hall–Kier alpha value is -2.05. The molecule has 0 bridgehead atoms. The van der Waals surface area contributed by atoms with E-state index in [2.05, 4.69) is 35.9 Å². The number of esters is 1. The Morgan fingerprint density at radius 2 is 2.09 bits per heavy atom. The molecule has 2 aliphatic heterocycles. The van der Waals surface area contributed by atoms with Gasteiger partial charge in [-0.15, -0.1) is 0 Å². The summed E-state index contributed by atoms with van der Waals surface area (Å²) >= 11 is 0. The maximum absolute atomic E-state index is 13.2. The second-order valence-electron chi connectivity index (χ2n) is 10.1. The molecule has 6 atom stereocenters. The third kappa shape index (κ3) is 3.02. The van der Waals surface area contributed by atoms with E-state index in [0.717, 1.165) is 50.0 Å². The van der Waals surface area contributed by atoms with Crippen LogP contribution < -0.4 is 4.74 Å². The Balaban J connectivity index is 1.59. The lowest BCUT2D eigenvalue weighted by Gasteiger charge is -2.60. The number of nitrogens with zero attached hydrogens (tertiary/aromatic N) is 1. The normalized spacial score (nSPS) is 34.5. The van der Waals surface area contributed by atoms with Gasteiger partial charge in [-0.1, -0.05) is 13.8 Å². The first-order chi connectivity index (χ1) is 15.5. The topological polar surface area (TPSA) is 63.8 Å². The van der Waals surface area contributed by atoms with Crippen LogP contribution in [0.5, 0.6) is 5.75 Å². The van der Waals surface area contributed by atoms with Gasteiger partial charge in [-0.3, -0.25) is 9.69 Å². The molecule has 1 saturated heterocycles. The molecule has 1 aliphatic carbocycles. The van der Waals surface area contributed by atoms with Crippen molar-refractivity contribution in [3.63, 3.8) is 0 Å². The van der Waals surface area contributed by atoms with E-state index in [4.69, 9.17) is 14.2 Å². The summed E-state index contributed by atoms with van der Waals surface area (Å²) in [5.74, 6) is 1.34. The van der Waals surface area contributed by atoms with Crippen LogP contribution >= 0.6 is 0 Å². The van der Waals surface area contributed by atoms with Gasteiger partial charge in [-0.05, 0) is 60.6 Å². The minimum atomic E-state index is -0.228. The number of aromatic amines is 1. The summed E-state index contributed by atoms with van der Waals surface area (Å²) < 4.78 is 16.8. The number of benzene rings is 1. The van der Waals surface area contributed by atoms with Crippen molar-refractivity contribution in [1.29, 1.82) is 0 Å². The van der Waals surface area contributed by atoms with Crippen molar-refractivity contribution in [2.75, 3.05) is 34.4 Å². The highest BCUT2D eigenvalue weighted by atomic mass is 16.5. The fraction of sp³-hybridized carbons (Fsp3) is 0.654. The fourth-order valence-corrected chi connectivity index (χ4v) is 7.42. The third-order valence-corrected chi connectivity index (χ3v) is 8.96. The van der Waals surface area contributed by atoms with Crippen LogP contribution in [0.4, 0.5) is 0 Å². The number of hydrogen-bond donors (Lipinski definition) is 1. The summed E-state index contributed by atoms with van der Waals surface area (Å²) in [5.41, 5.74) is 3.77. The lowest BCUT2D eigenvalue weighted by Crippen LogP contribution is -2.62. The number of carbonyl (C=O) groups excluding carboxylic acids is 1. The molecule has 1 N–H and O–H groups in total. The number of ether oxygens (including phenoxy) is 3. The van der Waals surface area contributed by atoms with E-state index >= 15 is 0 Å². The third-order valence-electron chi connectivity index (χ3n) is 8.96. The van der Waals surface area contributed by atoms with E-state index in [0.29, 0.717) is 11.8 Å². The summed E-state index contributed by atoms with van der Waals surface area (Å²) in [6.07, 6.45) is 3.97. The molecule has 0 spiro atoms. The van der Waals surface area contributed by atoms with Gasteiger partial charge in [-0.25, -0.2) is 0 Å². The first-order valence-electron chi connectivity index (χ1n) is 12.0. The van der Waals surface area contributed by atoms with E-state index in [1.165, 1.54) is 23.8 Å². The first-order valence-corrected chi connectivity index (χ1v) is 12.0. The molecule has 3 heterocycles. The molecule has 5 rings (SSSR count). The Labute approximate surface area is 190 Å². The Morgan fingerprint density at radius 3 is 2.78 bits per heavy atom. The molecule has 1 aromatic heterocycles. The van der Waals surface area contributed by atoms with Crippen LogP contribution in [-0.4, -0.2) is 56.4 Å². The SMILES string of the molecule is CC[C@]12CC3c4[nH]c5cc(OC)ccc5c4CCN3C[C@H]1CC(C)[C@H](OC)C2C(=O)OC. The minimum Gasteiger partial charge on any atom is -0.497 e. The highest BCUT2D eigenvalue weighted by molar-refractivity contribution is 5.86. The van der Waals surface area contributed by atoms with E-state index in [-0.39, 0.29) is 29.4 Å². The predicted molar refractivity (Wildman–Crippen MR) is 124 cm³/mol. The summed E-state index contributed by atoms with van der Waals surface area (Å²) in [7, 11) is 4.98. The zero-order chi connectivity index (χ0) is 22.6. The highest BCUT2D eigenvalue weighted by Gasteiger charge is 2.60. The lowest BCUT2D eigenvalue weighted by molar-refractivity contribution is -0.189. The van der Waals surface area contributed by atoms with Gasteiger partial charge in [0.25, 0.3) is 0 Å². The van der Waals surface area contributed by atoms with E-state index in [9.17, 15) is 4.79 Å². The van der Waals surface area contributed by atoms with Crippen molar-refractivity contribution < 1.29 is 19.0 Å². The van der Waals surface area contributed by atoms with Gasteiger partial charge >= 0.3 is 5.97 Å². The first kappa shape index (κ1) is 21.8. The predicted octanol–water partition coefficient (Wildman–Crippen LogP) is 4.34. The monoisotopic (exact) mass is 440 g/mol. The van der Waals surface area contributed by atoms with Crippen LogP contribution in [-0.2, 0) is 20.7 Å². The molecule has 2 fully saturated rings. The van der Waals surface area contributed by atoms with Crippen LogP contribution in [0.2, 0.25) is 0 Å². The van der Waals surface area contributed by atoms with Crippen LogP contribution in [0.15, 0.2) is 18.2 Å². The number of hydrogen-bond acceptors (Lipinski definition) is 5. The van der Waals surface area contributed by atoms with Crippen molar-refractivity contribution in [2.45, 2.75) is 51.7 Å². The molecule has 32 heavy (non-hydrogen) atoms. The van der Waals surface area contributed by atoms with Crippen molar-refractivity contribution in [3.8, 4) is 5.75 Å². The molecule has 0 amide bonds. The number of fused-ring (bicyclic) bond motifs is 6. The molecule has 1 aromatic carbocycles. The van der Waals surface area contributed by atoms with Crippen LogP contribution in [0.25, 0.3) is 10.9 Å². The maximum Gasteiger partial charge on any atom is 0.311 e. The summed E-state index contributed by atoms with van der Waals surface area (Å²) in [4.78, 5) is 19.6. The Bertz CT molecular complexity index is 1020. The Kier molecular flexibility index (Phi) is 5.49. The number of piperidine rings is 1. The van der Waals surface area contributed by atoms with Gasteiger partial charge in [0.2, 0.25) is 0 Å². The molecule has 3 unspecified atom stereocenters. The summed E-state index contributed by atoms with van der Waals surface area (Å²) in [5, 5.41) is 1.30. The Morgan fingerprint density at radius 1 is 1.28 bits per heavy atom. The molecule has 6 nitrogen and oxygen atoms in total. The number of carbonyl (C=O) groups is 1. The highest BCUT2D eigenvalue weighted by Crippen LogP contribution is 2.60. The standard InChI is InChI=1S/C26H36N2O4/c1-6-26-13-21-23-19(18-8-7-17(30-3)12-20(18)27-23)9-10-28(21)14-16(26)11-15(2)24(31-4)22(26)25(29)32-5/h7-8,12,15-16,21-22,24,27H,6,9-11,13-14H2,1-5H3/t15?,16-,21?,22?,24+,26+/m1/s1. The molecular formula is C26H36N2O4. The smallest absolute Gasteiger partial charge is 0.311 e. The van der Waals surface area contributed by atoms with Crippen LogP contribution in [0, 0.1) is 23.2 Å². The molecule has 1 saturated carbocycles. The summed E-state index contributed by atoms with van der Waals surface area (Å²) in [6, 6.07) is 6.61. The van der Waals surface area contributed by atoms with Crippen molar-refractivity contribution in [2.24, 2.45) is 23.2 Å². The van der Waals surface area contributed by atoms with Crippen molar-refractivity contribution >= 4 is 16.9 Å². The second-order valence-corrected chi connectivity index (χ2v) is 10.1. The molecule has 174 valence electrons. The average molecular weight is 441 g/mol. The minimum absolute atomic E-state index is 0.0970.